The van der Waals surface area contributed by atoms with Crippen molar-refractivity contribution in [3.8, 4) is 0 Å². The minimum atomic E-state index is -0.510. The van der Waals surface area contributed by atoms with Crippen molar-refractivity contribution in [1.29, 1.82) is 0 Å². The van der Waals surface area contributed by atoms with Gasteiger partial charge in [0.2, 0.25) is 0 Å². The van der Waals surface area contributed by atoms with E-state index in [1.54, 1.807) is 0 Å². The van der Waals surface area contributed by atoms with Gasteiger partial charge in [-0.3, -0.25) is 0 Å². The van der Waals surface area contributed by atoms with Crippen LogP contribution in [0.1, 0.15) is 65.2 Å². The highest BCUT2D eigenvalue weighted by Crippen LogP contribution is 2.66. The summed E-state index contributed by atoms with van der Waals surface area (Å²) in [5.74, 6) is 2.82. The van der Waals surface area contributed by atoms with Crippen LogP contribution < -0.4 is 5.73 Å². The average Bonchev–Trinajstić information content (AvgIpc) is 2.72. The van der Waals surface area contributed by atoms with Crippen molar-refractivity contribution >= 4 is 0 Å². The molecule has 0 amide bonds. The third-order valence-corrected chi connectivity index (χ3v) is 8.68. The lowest BCUT2D eigenvalue weighted by atomic mass is 9.45. The van der Waals surface area contributed by atoms with Crippen LogP contribution in [-0.2, 0) is 0 Å². The second-order valence-corrected chi connectivity index (χ2v) is 9.48. The smallest absolute Gasteiger partial charge is 0.0855 e. The summed E-state index contributed by atoms with van der Waals surface area (Å²) in [5.41, 5.74) is 6.66. The molecule has 1 unspecified atom stereocenters. The van der Waals surface area contributed by atoms with Crippen molar-refractivity contribution in [2.45, 2.75) is 83.5 Å². The molecule has 3 nitrogen and oxygen atoms in total. The summed E-state index contributed by atoms with van der Waals surface area (Å²) < 4.78 is 0. The van der Waals surface area contributed by atoms with Gasteiger partial charge in [0.25, 0.3) is 0 Å². The predicted molar refractivity (Wildman–Crippen MR) is 87.1 cm³/mol. The summed E-state index contributed by atoms with van der Waals surface area (Å²) >= 11 is 0. The number of hydrogen-bond donors (Lipinski definition) is 3. The molecule has 126 valence electrons. The number of fused-ring (bicyclic) bond motifs is 5. The standard InChI is InChI=1S/C19H33NO2/c1-18-7-5-12(20)9-11(18)3-4-13-14(18)6-8-19(2)15(13)10-16(21)17(19)22/h11-17,21-22H,3-10,20H2,1-2H3/t11?,12-,13+,14-,15-,16+,17-,18-,19-/m0/s1. The highest BCUT2D eigenvalue weighted by atomic mass is 16.3. The molecule has 4 aliphatic carbocycles. The normalized spacial score (nSPS) is 61.2. The van der Waals surface area contributed by atoms with Crippen LogP contribution in [0.25, 0.3) is 0 Å². The number of aliphatic hydroxyl groups is 2. The van der Waals surface area contributed by atoms with Gasteiger partial charge in [-0.05, 0) is 85.9 Å². The van der Waals surface area contributed by atoms with Crippen molar-refractivity contribution in [3.63, 3.8) is 0 Å². The van der Waals surface area contributed by atoms with Crippen LogP contribution in [0.5, 0.6) is 0 Å². The van der Waals surface area contributed by atoms with E-state index in [0.717, 1.165) is 24.7 Å². The fourth-order valence-corrected chi connectivity index (χ4v) is 7.28. The second kappa shape index (κ2) is 4.94. The lowest BCUT2D eigenvalue weighted by Crippen LogP contribution is -2.55. The summed E-state index contributed by atoms with van der Waals surface area (Å²) in [7, 11) is 0. The Bertz CT molecular complexity index is 455. The fraction of sp³-hybridized carbons (Fsp3) is 1.00. The van der Waals surface area contributed by atoms with Gasteiger partial charge in [0.05, 0.1) is 12.2 Å². The zero-order valence-electron chi connectivity index (χ0n) is 14.2. The molecule has 4 N–H and O–H groups in total. The van der Waals surface area contributed by atoms with Gasteiger partial charge in [-0.2, -0.15) is 0 Å². The molecule has 4 fully saturated rings. The van der Waals surface area contributed by atoms with E-state index in [1.165, 1.54) is 38.5 Å². The lowest BCUT2D eigenvalue weighted by Gasteiger charge is -2.60. The topological polar surface area (TPSA) is 66.5 Å². The zero-order chi connectivity index (χ0) is 15.7. The van der Waals surface area contributed by atoms with Crippen molar-refractivity contribution in [1.82, 2.24) is 0 Å². The molecule has 4 rings (SSSR count). The van der Waals surface area contributed by atoms with E-state index in [9.17, 15) is 10.2 Å². The molecule has 0 aromatic carbocycles. The van der Waals surface area contributed by atoms with Gasteiger partial charge in [0, 0.05) is 6.04 Å². The Morgan fingerprint density at radius 2 is 1.59 bits per heavy atom. The first-order chi connectivity index (χ1) is 10.4. The van der Waals surface area contributed by atoms with E-state index >= 15 is 0 Å². The van der Waals surface area contributed by atoms with Gasteiger partial charge in [-0.1, -0.05) is 13.8 Å². The third-order valence-electron chi connectivity index (χ3n) is 8.68. The van der Waals surface area contributed by atoms with Gasteiger partial charge in [0.1, 0.15) is 0 Å². The Morgan fingerprint density at radius 3 is 2.36 bits per heavy atom. The predicted octanol–water partition coefficient (Wildman–Crippen LogP) is 2.69. The Labute approximate surface area is 134 Å². The number of aliphatic hydroxyl groups excluding tert-OH is 2. The largest absolute Gasteiger partial charge is 0.390 e. The van der Waals surface area contributed by atoms with Gasteiger partial charge < -0.3 is 15.9 Å². The van der Waals surface area contributed by atoms with Crippen LogP contribution in [0.15, 0.2) is 0 Å². The molecule has 3 heteroatoms. The maximum atomic E-state index is 10.5. The van der Waals surface area contributed by atoms with Crippen molar-refractivity contribution in [2.24, 2.45) is 40.2 Å². The number of rotatable bonds is 0. The van der Waals surface area contributed by atoms with E-state index < -0.39 is 12.2 Å². The monoisotopic (exact) mass is 307 g/mol. The number of hydrogen-bond acceptors (Lipinski definition) is 3. The van der Waals surface area contributed by atoms with Gasteiger partial charge in [-0.25, -0.2) is 0 Å². The van der Waals surface area contributed by atoms with Crippen LogP contribution in [0, 0.1) is 34.5 Å². The summed E-state index contributed by atoms with van der Waals surface area (Å²) in [4.78, 5) is 0. The van der Waals surface area contributed by atoms with E-state index in [-0.39, 0.29) is 5.41 Å². The van der Waals surface area contributed by atoms with Crippen LogP contribution in [0.3, 0.4) is 0 Å². The maximum absolute atomic E-state index is 10.5. The average molecular weight is 307 g/mol. The Hall–Kier alpha value is -0.120. The first-order valence-corrected chi connectivity index (χ1v) is 9.48. The maximum Gasteiger partial charge on any atom is 0.0855 e. The summed E-state index contributed by atoms with van der Waals surface area (Å²) in [6, 6.07) is 0.415. The molecule has 0 saturated heterocycles. The van der Waals surface area contributed by atoms with Gasteiger partial charge in [0.15, 0.2) is 0 Å². The van der Waals surface area contributed by atoms with E-state index in [2.05, 4.69) is 13.8 Å². The Balaban J connectivity index is 1.63. The van der Waals surface area contributed by atoms with Crippen molar-refractivity contribution < 1.29 is 10.2 Å². The van der Waals surface area contributed by atoms with E-state index in [4.69, 9.17) is 5.73 Å². The highest BCUT2D eigenvalue weighted by Gasteiger charge is 2.61. The molecule has 0 spiro atoms. The number of nitrogens with two attached hydrogens (primary N) is 1. The quantitative estimate of drug-likeness (QED) is 0.644. The van der Waals surface area contributed by atoms with Gasteiger partial charge in [-0.15, -0.1) is 0 Å². The summed E-state index contributed by atoms with van der Waals surface area (Å²) in [6.45, 7) is 4.77. The fourth-order valence-electron chi connectivity index (χ4n) is 7.28. The molecule has 0 aromatic rings. The minimum absolute atomic E-state index is 0.0468. The zero-order valence-corrected chi connectivity index (χ0v) is 14.2. The van der Waals surface area contributed by atoms with Crippen LogP contribution in [-0.4, -0.2) is 28.5 Å². The van der Waals surface area contributed by atoms with E-state index in [1.807, 2.05) is 0 Å². The van der Waals surface area contributed by atoms with Crippen LogP contribution in [0.2, 0.25) is 0 Å². The van der Waals surface area contributed by atoms with E-state index in [0.29, 0.717) is 23.3 Å². The summed E-state index contributed by atoms with van der Waals surface area (Å²) in [6.07, 6.45) is 8.42. The molecular formula is C19H33NO2. The second-order valence-electron chi connectivity index (χ2n) is 9.48. The third kappa shape index (κ3) is 1.91. The lowest BCUT2D eigenvalue weighted by molar-refractivity contribution is -0.125. The molecular weight excluding hydrogens is 274 g/mol. The molecule has 0 heterocycles. The van der Waals surface area contributed by atoms with Crippen LogP contribution >= 0.6 is 0 Å². The summed E-state index contributed by atoms with van der Waals surface area (Å²) in [5, 5.41) is 20.8. The van der Waals surface area contributed by atoms with Crippen LogP contribution in [0.4, 0.5) is 0 Å². The molecule has 0 aromatic heterocycles. The minimum Gasteiger partial charge on any atom is -0.390 e. The van der Waals surface area contributed by atoms with Crippen molar-refractivity contribution in [3.05, 3.63) is 0 Å². The molecule has 9 atom stereocenters. The molecule has 4 aliphatic rings. The first kappa shape index (κ1) is 15.4. The SMILES string of the molecule is C[C@]12CC[C@H]3[C@@H](CCC4C[C@@H](N)CC[C@@]43C)[C@@H]1C[C@@H](O)[C@@H]2O. The molecule has 0 aliphatic heterocycles. The highest BCUT2D eigenvalue weighted by molar-refractivity contribution is 5.11. The van der Waals surface area contributed by atoms with Gasteiger partial charge >= 0.3 is 0 Å². The molecule has 0 bridgehead atoms. The molecule has 22 heavy (non-hydrogen) atoms. The Morgan fingerprint density at radius 1 is 0.864 bits per heavy atom. The molecule has 4 saturated carbocycles. The molecule has 0 radical (unpaired) electrons. The van der Waals surface area contributed by atoms with Crippen molar-refractivity contribution in [2.75, 3.05) is 0 Å². The Kier molecular flexibility index (Phi) is 3.46. The first-order valence-electron chi connectivity index (χ1n) is 9.48.